The maximum Gasteiger partial charge on any atom is 0.279 e. The summed E-state index contributed by atoms with van der Waals surface area (Å²) in [6.45, 7) is 1.46. The molecule has 1 aromatic carbocycles. The number of halogens is 1. The van der Waals surface area contributed by atoms with Crippen LogP contribution in [-0.4, -0.2) is 19.0 Å². The van der Waals surface area contributed by atoms with Gasteiger partial charge in [0.1, 0.15) is 12.1 Å². The molecule has 2 atom stereocenters. The number of nitrogens with one attached hydrogen (secondary N) is 2. The topological polar surface area (TPSA) is 57.3 Å². The van der Waals surface area contributed by atoms with E-state index in [9.17, 15) is 4.79 Å². The third kappa shape index (κ3) is 3.73. The van der Waals surface area contributed by atoms with Crippen molar-refractivity contribution in [2.24, 2.45) is 0 Å². The highest BCUT2D eigenvalue weighted by Crippen LogP contribution is 2.23. The molecule has 0 spiro atoms. The lowest BCUT2D eigenvalue weighted by Gasteiger charge is -2.20. The molecule has 2 aromatic rings. The number of likely N-dealkylation sites (tertiary alicyclic amines) is 1. The van der Waals surface area contributed by atoms with Gasteiger partial charge in [0.15, 0.2) is 6.54 Å². The minimum Gasteiger partial charge on any atom is -0.321 e. The van der Waals surface area contributed by atoms with Crippen LogP contribution in [0.15, 0.2) is 35.7 Å². The van der Waals surface area contributed by atoms with E-state index in [1.54, 1.807) is 29.5 Å². The Bertz CT molecular complexity index is 739. The normalized spacial score (nSPS) is 20.2. The van der Waals surface area contributed by atoms with Crippen LogP contribution in [0, 0.1) is 11.3 Å². The first-order valence-corrected chi connectivity index (χ1v) is 8.80. The second-order valence-electron chi connectivity index (χ2n) is 5.65. The van der Waals surface area contributed by atoms with Gasteiger partial charge in [-0.2, -0.15) is 5.26 Å². The van der Waals surface area contributed by atoms with Gasteiger partial charge in [-0.1, -0.05) is 17.7 Å². The first-order chi connectivity index (χ1) is 11.2. The molecule has 1 aliphatic heterocycles. The van der Waals surface area contributed by atoms with Gasteiger partial charge in [-0.3, -0.25) is 4.79 Å². The van der Waals surface area contributed by atoms with Gasteiger partial charge in [-0.25, -0.2) is 0 Å². The fourth-order valence-corrected chi connectivity index (χ4v) is 4.19. The summed E-state index contributed by atoms with van der Waals surface area (Å²) in [5.41, 5.74) is 1.04. The summed E-state index contributed by atoms with van der Waals surface area (Å²) < 4.78 is 0. The van der Waals surface area contributed by atoms with Crippen molar-refractivity contribution in [2.75, 3.05) is 18.4 Å². The average Bonchev–Trinajstić information content (AvgIpc) is 3.18. The van der Waals surface area contributed by atoms with Gasteiger partial charge < -0.3 is 10.2 Å². The third-order valence-corrected chi connectivity index (χ3v) is 5.43. The van der Waals surface area contributed by atoms with Gasteiger partial charge in [-0.05, 0) is 29.6 Å². The van der Waals surface area contributed by atoms with Crippen LogP contribution in [0.4, 0.5) is 5.69 Å². The molecule has 2 N–H and O–H groups in total. The molecule has 6 heteroatoms. The molecule has 0 saturated carbocycles. The number of quaternary nitrogens is 1. The minimum atomic E-state index is -0.0239. The van der Waals surface area contributed by atoms with Crippen molar-refractivity contribution in [1.29, 1.82) is 5.26 Å². The molecule has 0 radical (unpaired) electrons. The first kappa shape index (κ1) is 16.0. The molecular weight excluding hydrogens is 330 g/mol. The van der Waals surface area contributed by atoms with Crippen molar-refractivity contribution >= 4 is 34.5 Å². The number of hydrogen-bond acceptors (Lipinski definition) is 3. The number of thiophene rings is 1. The summed E-state index contributed by atoms with van der Waals surface area (Å²) in [7, 11) is 0. The van der Waals surface area contributed by atoms with Crippen molar-refractivity contribution in [3.8, 4) is 6.07 Å². The van der Waals surface area contributed by atoms with Crippen LogP contribution in [0.25, 0.3) is 0 Å². The van der Waals surface area contributed by atoms with Crippen molar-refractivity contribution < 1.29 is 9.69 Å². The fourth-order valence-electron chi connectivity index (χ4n) is 3.05. The van der Waals surface area contributed by atoms with Crippen LogP contribution in [0.1, 0.15) is 29.3 Å². The summed E-state index contributed by atoms with van der Waals surface area (Å²) in [6.07, 6.45) is 2.28. The standard InChI is InChI=1S/C17H16ClN3OS/c18-14-9-13(6-5-12(14)10-19)20-17(22)11-21-7-1-3-15(21)16-4-2-8-23-16/h2,4-6,8-9,15H,1,3,7,11H2,(H,20,22)/p+1/t15-/m0/s1. The Morgan fingerprint density at radius 3 is 3.04 bits per heavy atom. The van der Waals surface area contributed by atoms with Crippen LogP contribution in [0.2, 0.25) is 5.02 Å². The van der Waals surface area contributed by atoms with Crippen molar-refractivity contribution in [1.82, 2.24) is 0 Å². The first-order valence-electron chi connectivity index (χ1n) is 7.55. The maximum absolute atomic E-state index is 12.3. The number of benzene rings is 1. The number of carbonyl (C=O) groups excluding carboxylic acids is 1. The lowest BCUT2D eigenvalue weighted by Crippen LogP contribution is -3.11. The number of amides is 1. The fraction of sp³-hybridized carbons (Fsp3) is 0.294. The van der Waals surface area contributed by atoms with E-state index in [4.69, 9.17) is 16.9 Å². The van der Waals surface area contributed by atoms with Gasteiger partial charge in [0.25, 0.3) is 5.91 Å². The van der Waals surface area contributed by atoms with E-state index >= 15 is 0 Å². The zero-order valence-electron chi connectivity index (χ0n) is 12.5. The molecule has 1 unspecified atom stereocenters. The lowest BCUT2D eigenvalue weighted by molar-refractivity contribution is -0.910. The highest BCUT2D eigenvalue weighted by atomic mass is 35.5. The summed E-state index contributed by atoms with van der Waals surface area (Å²) in [4.78, 5) is 15.0. The molecule has 1 aromatic heterocycles. The predicted octanol–water partition coefficient (Wildman–Crippen LogP) is 2.63. The van der Waals surface area contributed by atoms with Crippen LogP contribution in [0.3, 0.4) is 0 Å². The minimum absolute atomic E-state index is 0.0239. The Hall–Kier alpha value is -1.87. The molecule has 0 bridgehead atoms. The Balaban J connectivity index is 1.63. The lowest BCUT2D eigenvalue weighted by atomic mass is 10.2. The smallest absolute Gasteiger partial charge is 0.279 e. The zero-order chi connectivity index (χ0) is 16.2. The second kappa shape index (κ2) is 7.14. The van der Waals surface area contributed by atoms with Crippen LogP contribution in [0.5, 0.6) is 0 Å². The number of nitriles is 1. The molecule has 2 heterocycles. The number of hydrogen-bond donors (Lipinski definition) is 2. The Morgan fingerprint density at radius 2 is 2.35 bits per heavy atom. The summed E-state index contributed by atoms with van der Waals surface area (Å²) in [5.74, 6) is -0.0239. The number of rotatable bonds is 4. The number of carbonyl (C=O) groups is 1. The third-order valence-electron chi connectivity index (χ3n) is 4.13. The van der Waals surface area contributed by atoms with Crippen molar-refractivity contribution in [3.63, 3.8) is 0 Å². The molecule has 1 saturated heterocycles. The Morgan fingerprint density at radius 1 is 1.48 bits per heavy atom. The van der Waals surface area contributed by atoms with E-state index < -0.39 is 0 Å². The zero-order valence-corrected chi connectivity index (χ0v) is 14.1. The molecule has 23 heavy (non-hydrogen) atoms. The van der Waals surface area contributed by atoms with E-state index in [-0.39, 0.29) is 5.91 Å². The van der Waals surface area contributed by atoms with E-state index in [1.807, 2.05) is 6.07 Å². The number of nitrogens with zero attached hydrogens (tertiary/aromatic N) is 1. The van der Waals surface area contributed by atoms with Crippen molar-refractivity contribution in [3.05, 3.63) is 51.2 Å². The number of anilines is 1. The molecule has 1 amide bonds. The predicted molar refractivity (Wildman–Crippen MR) is 91.8 cm³/mol. The molecule has 3 rings (SSSR count). The highest BCUT2D eigenvalue weighted by molar-refractivity contribution is 7.10. The van der Waals surface area contributed by atoms with Gasteiger partial charge in [-0.15, -0.1) is 11.3 Å². The second-order valence-corrected chi connectivity index (χ2v) is 7.04. The highest BCUT2D eigenvalue weighted by Gasteiger charge is 2.32. The molecule has 1 fully saturated rings. The molecule has 0 aliphatic carbocycles. The average molecular weight is 347 g/mol. The molecule has 4 nitrogen and oxygen atoms in total. The summed E-state index contributed by atoms with van der Waals surface area (Å²) in [5, 5.41) is 14.2. The van der Waals surface area contributed by atoms with Gasteiger partial charge in [0.2, 0.25) is 0 Å². The molecule has 118 valence electrons. The van der Waals surface area contributed by atoms with E-state index in [1.165, 1.54) is 9.78 Å². The van der Waals surface area contributed by atoms with Crippen LogP contribution >= 0.6 is 22.9 Å². The van der Waals surface area contributed by atoms with Gasteiger partial charge >= 0.3 is 0 Å². The van der Waals surface area contributed by atoms with Gasteiger partial charge in [0.05, 0.1) is 22.0 Å². The summed E-state index contributed by atoms with van der Waals surface area (Å²) in [6, 6.07) is 11.6. The Kier molecular flexibility index (Phi) is 4.97. The summed E-state index contributed by atoms with van der Waals surface area (Å²) >= 11 is 7.76. The van der Waals surface area contributed by atoms with E-state index in [2.05, 4.69) is 22.8 Å². The Labute approximate surface area is 144 Å². The monoisotopic (exact) mass is 346 g/mol. The van der Waals surface area contributed by atoms with Crippen molar-refractivity contribution in [2.45, 2.75) is 18.9 Å². The van der Waals surface area contributed by atoms with Gasteiger partial charge in [0, 0.05) is 18.5 Å². The largest absolute Gasteiger partial charge is 0.321 e. The SMILES string of the molecule is N#Cc1ccc(NC(=O)C[NH+]2CCC[C@H]2c2cccs2)cc1Cl. The van der Waals surface area contributed by atoms with E-state index in [0.29, 0.717) is 28.9 Å². The van der Waals surface area contributed by atoms with Crippen LogP contribution < -0.4 is 10.2 Å². The van der Waals surface area contributed by atoms with Crippen LogP contribution in [-0.2, 0) is 4.79 Å². The quantitative estimate of drug-likeness (QED) is 0.894. The maximum atomic E-state index is 12.3. The van der Waals surface area contributed by atoms with E-state index in [0.717, 1.165) is 19.4 Å². The molecular formula is C17H17ClN3OS+. The molecule has 1 aliphatic rings.